The van der Waals surface area contributed by atoms with Crippen molar-refractivity contribution in [3.05, 3.63) is 23.9 Å². The van der Waals surface area contributed by atoms with Gasteiger partial charge >= 0.3 is 0 Å². The zero-order valence-electron chi connectivity index (χ0n) is 6.15. The molecule has 3 nitrogen and oxygen atoms in total. The maximum atomic E-state index is 5.42. The molecule has 2 radical (unpaired) electrons. The Morgan fingerprint density at radius 3 is 3.09 bits per heavy atom. The highest BCUT2D eigenvalue weighted by Crippen LogP contribution is 2.02. The van der Waals surface area contributed by atoms with Gasteiger partial charge < -0.3 is 0 Å². The third-order valence-electron chi connectivity index (χ3n) is 1.57. The molecule has 0 N–H and O–H groups in total. The number of rotatable bonds is 0. The number of hydrogen-bond donors (Lipinski definition) is 0. The van der Waals surface area contributed by atoms with Crippen molar-refractivity contribution < 1.29 is 0 Å². The smallest absolute Gasteiger partial charge is 0.173 e. The van der Waals surface area contributed by atoms with Crippen molar-refractivity contribution in [2.45, 2.75) is 6.92 Å². The first-order chi connectivity index (χ1) is 5.27. The van der Waals surface area contributed by atoms with Gasteiger partial charge in [-0.15, -0.1) is 0 Å². The lowest BCUT2D eigenvalue weighted by atomic mass is 10.1. The van der Waals surface area contributed by atoms with E-state index in [9.17, 15) is 0 Å². The molecule has 0 spiro atoms. The molecule has 0 fully saturated rings. The third kappa shape index (κ3) is 0.907. The summed E-state index contributed by atoms with van der Waals surface area (Å²) < 4.78 is 1.67. The number of hydrogen-bond acceptors (Lipinski definition) is 2. The Kier molecular flexibility index (Phi) is 1.21. The lowest BCUT2D eigenvalue weighted by Crippen LogP contribution is -2.06. The van der Waals surface area contributed by atoms with Crippen LogP contribution in [0.5, 0.6) is 0 Å². The fourth-order valence-corrected chi connectivity index (χ4v) is 1.06. The molecular weight excluding hydrogens is 137 g/mol. The molecule has 2 rings (SSSR count). The third-order valence-corrected chi connectivity index (χ3v) is 1.57. The topological polar surface area (TPSA) is 30.2 Å². The fraction of sp³-hybridized carbons (Fsp3) is 0.143. The van der Waals surface area contributed by atoms with Crippen LogP contribution in [0.4, 0.5) is 0 Å². The first-order valence-electron chi connectivity index (χ1n) is 3.35. The van der Waals surface area contributed by atoms with E-state index in [0.717, 1.165) is 11.2 Å². The van der Waals surface area contributed by atoms with Crippen LogP contribution in [0, 0.1) is 6.92 Å². The van der Waals surface area contributed by atoms with Crippen molar-refractivity contribution in [1.82, 2.24) is 14.6 Å². The second-order valence-electron chi connectivity index (χ2n) is 2.43. The Hall–Kier alpha value is -1.32. The highest BCUT2D eigenvalue weighted by Gasteiger charge is 1.99. The molecule has 0 bridgehead atoms. The molecule has 0 saturated carbocycles. The standard InChI is InChI=1S/C7H6BN3/c1-5-3-2-4-11-6(5)9-7(8)10-11/h2-4H,1H3. The molecule has 11 heavy (non-hydrogen) atoms. The van der Waals surface area contributed by atoms with Gasteiger partial charge in [0.1, 0.15) is 0 Å². The van der Waals surface area contributed by atoms with Crippen LogP contribution in [-0.4, -0.2) is 22.4 Å². The zero-order chi connectivity index (χ0) is 7.84. The van der Waals surface area contributed by atoms with Crippen molar-refractivity contribution in [3.8, 4) is 0 Å². The van der Waals surface area contributed by atoms with E-state index in [-0.39, 0.29) is 0 Å². The fourth-order valence-electron chi connectivity index (χ4n) is 1.06. The predicted molar refractivity (Wildman–Crippen MR) is 43.1 cm³/mol. The van der Waals surface area contributed by atoms with Gasteiger partial charge in [-0.05, 0) is 18.6 Å². The van der Waals surface area contributed by atoms with E-state index in [0.29, 0.717) is 5.72 Å². The Balaban J connectivity index is 2.90. The molecule has 52 valence electrons. The molecule has 2 aromatic heterocycles. The Labute approximate surface area is 65.5 Å². The van der Waals surface area contributed by atoms with E-state index in [2.05, 4.69) is 10.1 Å². The van der Waals surface area contributed by atoms with Crippen LogP contribution in [0.3, 0.4) is 0 Å². The Morgan fingerprint density at radius 2 is 2.36 bits per heavy atom. The number of fused-ring (bicyclic) bond motifs is 1. The van der Waals surface area contributed by atoms with Crippen LogP contribution in [0.2, 0.25) is 0 Å². The number of aryl methyl sites for hydroxylation is 1. The summed E-state index contributed by atoms with van der Waals surface area (Å²) >= 11 is 0. The monoisotopic (exact) mass is 143 g/mol. The molecule has 4 heteroatoms. The summed E-state index contributed by atoms with van der Waals surface area (Å²) in [6.45, 7) is 1.98. The largest absolute Gasteiger partial charge is 0.224 e. The molecule has 0 aliphatic rings. The van der Waals surface area contributed by atoms with Gasteiger partial charge in [-0.25, -0.2) is 9.50 Å². The van der Waals surface area contributed by atoms with Gasteiger partial charge in [-0.2, -0.15) is 5.10 Å². The van der Waals surface area contributed by atoms with Gasteiger partial charge in [-0.1, -0.05) is 6.07 Å². The summed E-state index contributed by atoms with van der Waals surface area (Å²) in [6.07, 6.45) is 1.83. The van der Waals surface area contributed by atoms with Crippen molar-refractivity contribution in [1.29, 1.82) is 0 Å². The molecule has 2 heterocycles. The Bertz CT molecular complexity index is 393. The van der Waals surface area contributed by atoms with E-state index >= 15 is 0 Å². The van der Waals surface area contributed by atoms with Crippen molar-refractivity contribution >= 4 is 19.2 Å². The second-order valence-corrected chi connectivity index (χ2v) is 2.43. The van der Waals surface area contributed by atoms with E-state index < -0.39 is 0 Å². The first-order valence-corrected chi connectivity index (χ1v) is 3.35. The lowest BCUT2D eigenvalue weighted by molar-refractivity contribution is 0.970. The summed E-state index contributed by atoms with van der Waals surface area (Å²) in [7, 11) is 5.42. The highest BCUT2D eigenvalue weighted by atomic mass is 15.3. The van der Waals surface area contributed by atoms with Gasteiger partial charge in [0.15, 0.2) is 13.5 Å². The van der Waals surface area contributed by atoms with Crippen LogP contribution < -0.4 is 5.72 Å². The average Bonchev–Trinajstić information content (AvgIpc) is 2.31. The normalized spacial score (nSPS) is 10.6. The molecular formula is C7H6BN3. The van der Waals surface area contributed by atoms with Crippen molar-refractivity contribution in [2.24, 2.45) is 0 Å². The number of aromatic nitrogens is 3. The number of pyridine rings is 1. The first kappa shape index (κ1) is 6.40. The average molecular weight is 143 g/mol. The quantitative estimate of drug-likeness (QED) is 0.479. The summed E-state index contributed by atoms with van der Waals surface area (Å²) in [5, 5.41) is 3.96. The number of nitrogens with zero attached hydrogens (tertiary/aromatic N) is 3. The van der Waals surface area contributed by atoms with E-state index in [1.165, 1.54) is 0 Å². The van der Waals surface area contributed by atoms with Crippen molar-refractivity contribution in [3.63, 3.8) is 0 Å². The molecule has 0 saturated heterocycles. The maximum Gasteiger partial charge on any atom is 0.173 e. The van der Waals surface area contributed by atoms with E-state index in [4.69, 9.17) is 7.85 Å². The molecule has 0 aliphatic carbocycles. The second kappa shape index (κ2) is 2.08. The van der Waals surface area contributed by atoms with Crippen LogP contribution in [0.15, 0.2) is 18.3 Å². The van der Waals surface area contributed by atoms with Crippen LogP contribution in [0.1, 0.15) is 5.56 Å². The van der Waals surface area contributed by atoms with Gasteiger partial charge in [0.05, 0.1) is 5.72 Å². The zero-order valence-corrected chi connectivity index (χ0v) is 6.15. The SMILES string of the molecule is [B]c1nc2c(C)cccn2n1. The van der Waals surface area contributed by atoms with E-state index in [1.807, 2.05) is 25.3 Å². The van der Waals surface area contributed by atoms with Gasteiger partial charge in [-0.3, -0.25) is 0 Å². The van der Waals surface area contributed by atoms with Crippen LogP contribution in [-0.2, 0) is 0 Å². The summed E-state index contributed by atoms with van der Waals surface area (Å²) in [4.78, 5) is 4.04. The minimum atomic E-state index is 0.319. The summed E-state index contributed by atoms with van der Waals surface area (Å²) in [5.41, 5.74) is 2.22. The molecule has 0 aromatic carbocycles. The summed E-state index contributed by atoms with van der Waals surface area (Å²) in [6, 6.07) is 3.89. The van der Waals surface area contributed by atoms with Gasteiger partial charge in [0.2, 0.25) is 0 Å². The summed E-state index contributed by atoms with van der Waals surface area (Å²) in [5.74, 6) is 0. The molecule has 0 atom stereocenters. The van der Waals surface area contributed by atoms with Gasteiger partial charge in [0.25, 0.3) is 0 Å². The molecule has 0 amide bonds. The van der Waals surface area contributed by atoms with Crippen LogP contribution >= 0.6 is 0 Å². The van der Waals surface area contributed by atoms with Crippen LogP contribution in [0.25, 0.3) is 5.65 Å². The van der Waals surface area contributed by atoms with Crippen molar-refractivity contribution in [2.75, 3.05) is 0 Å². The van der Waals surface area contributed by atoms with E-state index in [1.54, 1.807) is 4.52 Å². The minimum Gasteiger partial charge on any atom is -0.224 e. The molecule has 0 aliphatic heterocycles. The molecule has 0 unspecified atom stereocenters. The predicted octanol–water partition coefficient (Wildman–Crippen LogP) is -0.168. The molecule has 2 aromatic rings. The minimum absolute atomic E-state index is 0.319. The van der Waals surface area contributed by atoms with Gasteiger partial charge in [0, 0.05) is 6.20 Å². The Morgan fingerprint density at radius 1 is 1.55 bits per heavy atom. The highest BCUT2D eigenvalue weighted by molar-refractivity contribution is 6.29. The lowest BCUT2D eigenvalue weighted by Gasteiger charge is -1.92. The maximum absolute atomic E-state index is 5.42.